The summed E-state index contributed by atoms with van der Waals surface area (Å²) in [7, 11) is 0. The molecule has 0 radical (unpaired) electrons. The van der Waals surface area contributed by atoms with E-state index in [-0.39, 0.29) is 56.3 Å². The van der Waals surface area contributed by atoms with Gasteiger partial charge in [0.1, 0.15) is 6.10 Å². The van der Waals surface area contributed by atoms with Gasteiger partial charge in [-0.05, 0) is 43.5 Å². The zero-order valence-corrected chi connectivity index (χ0v) is 20.5. The first-order chi connectivity index (χ1) is 16.9. The highest BCUT2D eigenvalue weighted by Gasteiger charge is 2.40. The number of nitrogens with zero attached hydrogens (tertiary/aromatic N) is 1. The molecule has 0 aromatic heterocycles. The smallest absolute Gasteiger partial charge is 0.322 e. The third-order valence-electron chi connectivity index (χ3n) is 6.41. The molecule has 2 saturated heterocycles. The summed E-state index contributed by atoms with van der Waals surface area (Å²) in [6.45, 7) is 2.42. The Labute approximate surface area is 210 Å². The van der Waals surface area contributed by atoms with Crippen LogP contribution < -0.4 is 10.6 Å². The molecule has 35 heavy (non-hydrogen) atoms. The average Bonchev–Trinajstić information content (AvgIpc) is 2.82. The first-order valence-corrected chi connectivity index (χ1v) is 12.4. The van der Waals surface area contributed by atoms with Crippen molar-refractivity contribution < 1.29 is 24.2 Å². The van der Waals surface area contributed by atoms with Gasteiger partial charge in [0.05, 0.1) is 50.5 Å². The summed E-state index contributed by atoms with van der Waals surface area (Å²) in [4.78, 5) is 27.5. The van der Waals surface area contributed by atoms with Crippen molar-refractivity contribution in [2.45, 2.75) is 56.6 Å². The molecule has 4 rings (SSSR count). The Morgan fingerprint density at radius 1 is 1.14 bits per heavy atom. The van der Waals surface area contributed by atoms with Gasteiger partial charge in [-0.25, -0.2) is 4.79 Å². The number of fused-ring (bicyclic) bond motifs is 1. The van der Waals surface area contributed by atoms with Crippen molar-refractivity contribution in [2.24, 2.45) is 0 Å². The minimum absolute atomic E-state index is 0.0810. The van der Waals surface area contributed by atoms with Gasteiger partial charge >= 0.3 is 6.03 Å². The molecule has 188 valence electrons. The quantitative estimate of drug-likeness (QED) is 0.579. The van der Waals surface area contributed by atoms with Crippen LogP contribution in [-0.2, 0) is 14.3 Å². The van der Waals surface area contributed by atoms with E-state index in [4.69, 9.17) is 21.1 Å². The first-order valence-electron chi connectivity index (χ1n) is 12.0. The van der Waals surface area contributed by atoms with Gasteiger partial charge in [0, 0.05) is 10.7 Å². The largest absolute Gasteiger partial charge is 0.389 e. The Balaban J connectivity index is 1.38. The Morgan fingerprint density at radius 3 is 2.71 bits per heavy atom. The molecule has 8 nitrogen and oxygen atoms in total. The van der Waals surface area contributed by atoms with Crippen LogP contribution in [0.3, 0.4) is 0 Å². The molecule has 2 aliphatic rings. The van der Waals surface area contributed by atoms with Crippen molar-refractivity contribution in [3.63, 3.8) is 0 Å². The first kappa shape index (κ1) is 25.4. The maximum atomic E-state index is 13.2. The fourth-order valence-electron chi connectivity index (χ4n) is 4.67. The lowest BCUT2D eigenvalue weighted by Crippen LogP contribution is -2.58. The molecular weight excluding hydrogens is 470 g/mol. The molecule has 2 aliphatic heterocycles. The van der Waals surface area contributed by atoms with E-state index in [1.807, 2.05) is 37.3 Å². The van der Waals surface area contributed by atoms with Gasteiger partial charge in [-0.3, -0.25) is 4.79 Å². The molecule has 0 aliphatic carbocycles. The highest BCUT2D eigenvalue weighted by Crippen LogP contribution is 2.29. The predicted octanol–water partition coefficient (Wildman–Crippen LogP) is 3.75. The highest BCUT2D eigenvalue weighted by molar-refractivity contribution is 6.30. The van der Waals surface area contributed by atoms with E-state index < -0.39 is 12.2 Å². The monoisotopic (exact) mass is 501 g/mol. The molecule has 0 saturated carbocycles. The average molecular weight is 502 g/mol. The van der Waals surface area contributed by atoms with Crippen LogP contribution in [0.15, 0.2) is 54.6 Å². The lowest BCUT2D eigenvalue weighted by atomic mass is 9.94. The molecule has 2 aromatic carbocycles. The summed E-state index contributed by atoms with van der Waals surface area (Å²) in [6.07, 6.45) is 0.0126. The van der Waals surface area contributed by atoms with E-state index in [1.165, 1.54) is 0 Å². The molecular formula is C26H32ClN3O5. The van der Waals surface area contributed by atoms with Crippen molar-refractivity contribution in [3.05, 3.63) is 65.2 Å². The molecule has 2 fully saturated rings. The van der Waals surface area contributed by atoms with Crippen LogP contribution in [0.5, 0.6) is 0 Å². The van der Waals surface area contributed by atoms with E-state index in [2.05, 4.69) is 10.6 Å². The van der Waals surface area contributed by atoms with Gasteiger partial charge in [-0.1, -0.05) is 48.0 Å². The highest BCUT2D eigenvalue weighted by atomic mass is 35.5. The minimum Gasteiger partial charge on any atom is -0.389 e. The van der Waals surface area contributed by atoms with Crippen LogP contribution in [0.1, 0.15) is 37.8 Å². The number of β-amino-alcohol motifs (C(OH)–C–C–N with tert-alkyl or cyclic N) is 1. The number of aliphatic hydroxyl groups excluding tert-OH is 1. The van der Waals surface area contributed by atoms with Gasteiger partial charge < -0.3 is 30.1 Å². The number of urea groups is 1. The van der Waals surface area contributed by atoms with Crippen LogP contribution in [-0.4, -0.2) is 66.1 Å². The van der Waals surface area contributed by atoms with E-state index >= 15 is 0 Å². The number of nitrogens with one attached hydrogen (secondary N) is 2. The number of carbonyl (C=O) groups is 2. The van der Waals surface area contributed by atoms with E-state index in [1.54, 1.807) is 29.2 Å². The number of ether oxygens (including phenoxy) is 2. The minimum atomic E-state index is -0.802. The van der Waals surface area contributed by atoms with Gasteiger partial charge in [0.2, 0.25) is 5.91 Å². The van der Waals surface area contributed by atoms with Crippen LogP contribution in [0, 0.1) is 0 Å². The molecule has 9 heteroatoms. The topological polar surface area (TPSA) is 100 Å². The number of hydrogen-bond acceptors (Lipinski definition) is 5. The zero-order chi connectivity index (χ0) is 24.8. The van der Waals surface area contributed by atoms with Crippen LogP contribution in [0.4, 0.5) is 10.5 Å². The van der Waals surface area contributed by atoms with Gasteiger partial charge in [-0.15, -0.1) is 0 Å². The van der Waals surface area contributed by atoms with Crippen LogP contribution in [0.25, 0.3) is 0 Å². The summed E-state index contributed by atoms with van der Waals surface area (Å²) in [5, 5.41) is 16.7. The third-order valence-corrected chi connectivity index (χ3v) is 6.64. The Hall–Kier alpha value is -2.65. The van der Waals surface area contributed by atoms with Crippen LogP contribution in [0.2, 0.25) is 5.02 Å². The number of anilines is 1. The summed E-state index contributed by atoms with van der Waals surface area (Å²) in [5.41, 5.74) is 1.62. The molecule has 3 amide bonds. The van der Waals surface area contributed by atoms with Crippen molar-refractivity contribution in [1.29, 1.82) is 0 Å². The third kappa shape index (κ3) is 6.95. The second-order valence-corrected chi connectivity index (χ2v) is 9.57. The fraction of sp³-hybridized carbons (Fsp3) is 0.462. The van der Waals surface area contributed by atoms with Crippen molar-refractivity contribution in [2.75, 3.05) is 25.1 Å². The summed E-state index contributed by atoms with van der Waals surface area (Å²) >= 11 is 6.05. The number of hydrogen-bond donors (Lipinski definition) is 3. The van der Waals surface area contributed by atoms with Crippen molar-refractivity contribution >= 4 is 29.2 Å². The SMILES string of the molecule is C[C@@H](NC(=O)C[C@@H]1CC[C@H]2[C@@H](COC[C@H](O)CN2C(=O)Nc2cccc(Cl)c2)O1)c1ccccc1. The van der Waals surface area contributed by atoms with Gasteiger partial charge in [0.25, 0.3) is 0 Å². The maximum absolute atomic E-state index is 13.2. The second-order valence-electron chi connectivity index (χ2n) is 9.13. The molecule has 5 atom stereocenters. The van der Waals surface area contributed by atoms with Crippen molar-refractivity contribution in [3.8, 4) is 0 Å². The summed E-state index contributed by atoms with van der Waals surface area (Å²) in [5.74, 6) is -0.0810. The van der Waals surface area contributed by atoms with E-state index in [0.29, 0.717) is 23.6 Å². The van der Waals surface area contributed by atoms with E-state index in [0.717, 1.165) is 5.56 Å². The molecule has 0 bridgehead atoms. The molecule has 0 spiro atoms. The maximum Gasteiger partial charge on any atom is 0.322 e. The summed E-state index contributed by atoms with van der Waals surface area (Å²) < 4.78 is 11.9. The molecule has 2 heterocycles. The number of halogens is 1. The lowest BCUT2D eigenvalue weighted by Gasteiger charge is -2.44. The number of benzene rings is 2. The Morgan fingerprint density at radius 2 is 1.94 bits per heavy atom. The summed E-state index contributed by atoms with van der Waals surface area (Å²) in [6, 6.07) is 16.0. The van der Waals surface area contributed by atoms with Crippen molar-refractivity contribution in [1.82, 2.24) is 10.2 Å². The Kier molecular flexibility index (Phi) is 8.62. The standard InChI is InChI=1S/C26H32ClN3O5/c1-17(18-6-3-2-4-7-18)28-25(32)13-22-10-11-23-24(35-22)16-34-15-21(31)14-30(23)26(33)29-20-9-5-8-19(27)12-20/h2-9,12,17,21-24,31H,10-11,13-16H2,1H3,(H,28,32)(H,29,33)/t17-,21-,22+,23+,24-/m1/s1. The molecule has 3 N–H and O–H groups in total. The molecule has 2 aromatic rings. The zero-order valence-electron chi connectivity index (χ0n) is 19.7. The normalized spacial score (nSPS) is 25.5. The lowest BCUT2D eigenvalue weighted by molar-refractivity contribution is -0.150. The fourth-order valence-corrected chi connectivity index (χ4v) is 4.86. The van der Waals surface area contributed by atoms with E-state index in [9.17, 15) is 14.7 Å². The molecule has 0 unspecified atom stereocenters. The Bertz CT molecular complexity index is 1010. The van der Waals surface area contributed by atoms with Crippen LogP contribution >= 0.6 is 11.6 Å². The van der Waals surface area contributed by atoms with Gasteiger partial charge in [-0.2, -0.15) is 0 Å². The number of aliphatic hydroxyl groups is 1. The number of amides is 3. The number of rotatable bonds is 5. The second kappa shape index (κ2) is 11.9. The number of carbonyl (C=O) groups excluding carboxylic acids is 2. The van der Waals surface area contributed by atoms with Gasteiger partial charge in [0.15, 0.2) is 0 Å². The predicted molar refractivity (Wildman–Crippen MR) is 133 cm³/mol.